The van der Waals surface area contributed by atoms with Crippen molar-refractivity contribution in [1.29, 1.82) is 0 Å². The molecule has 32 heavy (non-hydrogen) atoms. The number of likely N-dealkylation sites (N-methyl/N-ethyl adjacent to an activating group) is 1. The molecule has 0 bridgehead atoms. The Morgan fingerprint density at radius 1 is 1.09 bits per heavy atom. The number of rotatable bonds is 8. The number of amides is 1. The van der Waals surface area contributed by atoms with Crippen LogP contribution in [0.3, 0.4) is 0 Å². The second kappa shape index (κ2) is 9.65. The fraction of sp³-hybridized carbons (Fsp3) is 0.208. The molecular weight excluding hydrogens is 426 g/mol. The standard InChI is InChI=1S/C24H23N3O4S/c1-26(12-13-31-21-11-7-6-10-20(21)30-2)22(28)19-15-25-24-27(23(19)29)16-18(32-24)14-17-8-4-3-5-9-17/h3-11,15-16H,12-14H2,1-2H3. The normalized spacial score (nSPS) is 10.8. The van der Waals surface area contributed by atoms with Crippen molar-refractivity contribution in [2.45, 2.75) is 6.42 Å². The topological polar surface area (TPSA) is 73.1 Å². The molecule has 2 heterocycles. The largest absolute Gasteiger partial charge is 0.493 e. The predicted molar refractivity (Wildman–Crippen MR) is 124 cm³/mol. The lowest BCUT2D eigenvalue weighted by molar-refractivity contribution is 0.0771. The molecule has 0 aliphatic carbocycles. The van der Waals surface area contributed by atoms with Crippen LogP contribution in [-0.2, 0) is 6.42 Å². The first kappa shape index (κ1) is 21.6. The summed E-state index contributed by atoms with van der Waals surface area (Å²) in [4.78, 5) is 33.2. The summed E-state index contributed by atoms with van der Waals surface area (Å²) in [6.45, 7) is 0.571. The minimum atomic E-state index is -0.392. The molecule has 0 saturated heterocycles. The highest BCUT2D eigenvalue weighted by Crippen LogP contribution is 2.25. The molecule has 2 aromatic carbocycles. The Morgan fingerprint density at radius 3 is 2.56 bits per heavy atom. The Kier molecular flexibility index (Phi) is 6.51. The van der Waals surface area contributed by atoms with E-state index in [1.807, 2.05) is 42.5 Å². The number of para-hydroxylation sites is 2. The molecule has 4 aromatic rings. The third kappa shape index (κ3) is 4.65. The van der Waals surface area contributed by atoms with Gasteiger partial charge in [-0.3, -0.25) is 14.0 Å². The molecule has 0 unspecified atom stereocenters. The number of benzene rings is 2. The quantitative estimate of drug-likeness (QED) is 0.412. The highest BCUT2D eigenvalue weighted by molar-refractivity contribution is 7.17. The van der Waals surface area contributed by atoms with Gasteiger partial charge in [-0.05, 0) is 17.7 Å². The summed E-state index contributed by atoms with van der Waals surface area (Å²) in [5.74, 6) is 0.831. The maximum atomic E-state index is 13.0. The van der Waals surface area contributed by atoms with Crippen LogP contribution in [0.5, 0.6) is 11.5 Å². The molecule has 0 aliphatic heterocycles. The van der Waals surface area contributed by atoms with Crippen LogP contribution >= 0.6 is 11.3 Å². The molecule has 7 nitrogen and oxygen atoms in total. The Labute approximate surface area is 189 Å². The molecule has 0 fully saturated rings. The van der Waals surface area contributed by atoms with Gasteiger partial charge < -0.3 is 14.4 Å². The smallest absolute Gasteiger partial charge is 0.271 e. The average molecular weight is 450 g/mol. The van der Waals surface area contributed by atoms with Crippen LogP contribution in [0.4, 0.5) is 0 Å². The number of fused-ring (bicyclic) bond motifs is 1. The Balaban J connectivity index is 1.45. The van der Waals surface area contributed by atoms with E-state index >= 15 is 0 Å². The summed E-state index contributed by atoms with van der Waals surface area (Å²) in [6, 6.07) is 17.3. The van der Waals surface area contributed by atoms with Crippen LogP contribution < -0.4 is 15.0 Å². The summed E-state index contributed by atoms with van der Waals surface area (Å²) >= 11 is 1.45. The molecule has 0 aliphatic rings. The van der Waals surface area contributed by atoms with Crippen molar-refractivity contribution in [2.75, 3.05) is 27.3 Å². The first-order chi connectivity index (χ1) is 15.6. The summed E-state index contributed by atoms with van der Waals surface area (Å²) < 4.78 is 12.4. The first-order valence-corrected chi connectivity index (χ1v) is 10.9. The maximum absolute atomic E-state index is 13.0. The van der Waals surface area contributed by atoms with Gasteiger partial charge in [0.15, 0.2) is 16.5 Å². The summed E-state index contributed by atoms with van der Waals surface area (Å²) in [5, 5.41) is 0. The van der Waals surface area contributed by atoms with Crippen molar-refractivity contribution in [1.82, 2.24) is 14.3 Å². The molecule has 8 heteroatoms. The summed E-state index contributed by atoms with van der Waals surface area (Å²) in [6.07, 6.45) is 3.84. The van der Waals surface area contributed by atoms with Crippen molar-refractivity contribution in [3.05, 3.63) is 93.3 Å². The van der Waals surface area contributed by atoms with Gasteiger partial charge in [0.1, 0.15) is 12.2 Å². The lowest BCUT2D eigenvalue weighted by Gasteiger charge is -2.17. The molecule has 4 rings (SSSR count). The van der Waals surface area contributed by atoms with Crippen LogP contribution in [0, 0.1) is 0 Å². The summed E-state index contributed by atoms with van der Waals surface area (Å²) in [7, 11) is 3.21. The molecule has 164 valence electrons. The molecular formula is C24H23N3O4S. The number of hydrogen-bond donors (Lipinski definition) is 0. The molecule has 0 radical (unpaired) electrons. The number of methoxy groups -OCH3 is 1. The average Bonchev–Trinajstić information content (AvgIpc) is 3.23. The minimum Gasteiger partial charge on any atom is -0.493 e. The second-order valence-corrected chi connectivity index (χ2v) is 8.31. The number of ether oxygens (including phenoxy) is 2. The van der Waals surface area contributed by atoms with E-state index in [9.17, 15) is 9.59 Å². The summed E-state index contributed by atoms with van der Waals surface area (Å²) in [5.41, 5.74) is 0.817. The van der Waals surface area contributed by atoms with Crippen molar-refractivity contribution >= 4 is 22.2 Å². The van der Waals surface area contributed by atoms with E-state index in [-0.39, 0.29) is 17.7 Å². The van der Waals surface area contributed by atoms with E-state index in [0.717, 1.165) is 10.4 Å². The number of thiazole rings is 1. The van der Waals surface area contributed by atoms with Gasteiger partial charge in [0, 0.05) is 30.7 Å². The zero-order valence-corrected chi connectivity index (χ0v) is 18.7. The van der Waals surface area contributed by atoms with Gasteiger partial charge in [0.25, 0.3) is 11.5 Å². The maximum Gasteiger partial charge on any atom is 0.271 e. The second-order valence-electron chi connectivity index (χ2n) is 7.22. The van der Waals surface area contributed by atoms with Gasteiger partial charge in [0.05, 0.1) is 13.7 Å². The molecule has 1 amide bonds. The van der Waals surface area contributed by atoms with Gasteiger partial charge in [-0.25, -0.2) is 4.98 Å². The van der Waals surface area contributed by atoms with E-state index in [2.05, 4.69) is 4.98 Å². The third-order valence-corrected chi connectivity index (χ3v) is 6.00. The lowest BCUT2D eigenvalue weighted by atomic mass is 10.1. The number of hydrogen-bond acceptors (Lipinski definition) is 6. The van der Waals surface area contributed by atoms with Gasteiger partial charge in [-0.1, -0.05) is 42.5 Å². The van der Waals surface area contributed by atoms with Crippen LogP contribution in [0.1, 0.15) is 20.8 Å². The van der Waals surface area contributed by atoms with Crippen molar-refractivity contribution < 1.29 is 14.3 Å². The van der Waals surface area contributed by atoms with Crippen molar-refractivity contribution in [3.8, 4) is 11.5 Å². The Bertz CT molecular complexity index is 1280. The van der Waals surface area contributed by atoms with Gasteiger partial charge >= 0.3 is 0 Å². The van der Waals surface area contributed by atoms with Crippen molar-refractivity contribution in [2.24, 2.45) is 0 Å². The molecule has 0 saturated carbocycles. The third-order valence-electron chi connectivity index (χ3n) is 5.01. The van der Waals surface area contributed by atoms with E-state index in [1.165, 1.54) is 26.8 Å². The number of aromatic nitrogens is 2. The lowest BCUT2D eigenvalue weighted by Crippen LogP contribution is -2.35. The monoisotopic (exact) mass is 449 g/mol. The molecule has 0 spiro atoms. The highest BCUT2D eigenvalue weighted by atomic mass is 32.1. The van der Waals surface area contributed by atoms with E-state index in [4.69, 9.17) is 9.47 Å². The Morgan fingerprint density at radius 2 is 1.81 bits per heavy atom. The van der Waals surface area contributed by atoms with Crippen LogP contribution in [0.2, 0.25) is 0 Å². The van der Waals surface area contributed by atoms with E-state index < -0.39 is 5.91 Å². The number of nitrogens with zero attached hydrogens (tertiary/aromatic N) is 3. The SMILES string of the molecule is COc1ccccc1OCCN(C)C(=O)c1cnc2sc(Cc3ccccc3)cn2c1=O. The van der Waals surface area contributed by atoms with Crippen LogP contribution in [-0.4, -0.2) is 47.5 Å². The first-order valence-electron chi connectivity index (χ1n) is 10.1. The van der Waals surface area contributed by atoms with Crippen molar-refractivity contribution in [3.63, 3.8) is 0 Å². The van der Waals surface area contributed by atoms with Gasteiger partial charge in [-0.15, -0.1) is 11.3 Å². The molecule has 0 atom stereocenters. The predicted octanol–water partition coefficient (Wildman–Crippen LogP) is 3.51. The molecule has 2 aromatic heterocycles. The van der Waals surface area contributed by atoms with Gasteiger partial charge in [0.2, 0.25) is 0 Å². The molecule has 0 N–H and O–H groups in total. The highest BCUT2D eigenvalue weighted by Gasteiger charge is 2.19. The zero-order chi connectivity index (χ0) is 22.5. The Hall–Kier alpha value is -3.65. The zero-order valence-electron chi connectivity index (χ0n) is 17.9. The fourth-order valence-corrected chi connectivity index (χ4v) is 4.26. The van der Waals surface area contributed by atoms with E-state index in [0.29, 0.717) is 29.4 Å². The number of carbonyl (C=O) groups is 1. The number of carbonyl (C=O) groups excluding carboxylic acids is 1. The van der Waals surface area contributed by atoms with Crippen LogP contribution in [0.25, 0.3) is 4.96 Å². The fourth-order valence-electron chi connectivity index (χ4n) is 3.29. The van der Waals surface area contributed by atoms with E-state index in [1.54, 1.807) is 32.5 Å². The van der Waals surface area contributed by atoms with Crippen LogP contribution in [0.15, 0.2) is 71.8 Å². The van der Waals surface area contributed by atoms with Gasteiger partial charge in [-0.2, -0.15) is 0 Å². The minimum absolute atomic E-state index is 0.0337.